The Morgan fingerprint density at radius 3 is 2.46 bits per heavy atom. The summed E-state index contributed by atoms with van der Waals surface area (Å²) < 4.78 is 6.04. The Balaban J connectivity index is 1.92. The fraction of sp³-hybridized carbons (Fsp3) is 0.0500. The summed E-state index contributed by atoms with van der Waals surface area (Å²) in [6.07, 6.45) is 3.13. The van der Waals surface area contributed by atoms with Gasteiger partial charge >= 0.3 is 0 Å². The maximum atomic E-state index is 12.3. The molecule has 5 nitrogen and oxygen atoms in total. The largest absolute Gasteiger partial charge is 0.497 e. The van der Waals surface area contributed by atoms with Crippen LogP contribution in [0.1, 0.15) is 21.5 Å². The van der Waals surface area contributed by atoms with Gasteiger partial charge in [0.2, 0.25) is 0 Å². The molecule has 128 valence electrons. The molecule has 0 fully saturated rings. The molecule has 0 atom stereocenters. The molecule has 1 aromatic heterocycles. The topological polar surface area (TPSA) is 83.0 Å². The molecular weight excluding hydrogens is 348 g/mol. The number of hydrogen-bond donors (Lipinski definition) is 1. The average Bonchev–Trinajstić information content (AvgIpc) is 3.01. The number of hydrogen-bond acceptors (Lipinski definition) is 5. The van der Waals surface area contributed by atoms with E-state index in [0.29, 0.717) is 26.1 Å². The summed E-state index contributed by atoms with van der Waals surface area (Å²) in [6, 6.07) is 15.7. The standard InChI is InChI=1S/C20H14N2O3S/c1-25-16-8-6-15(7-9-16)17(23)11-19-22-20(24)18(26-19)10-13-2-4-14(12-21)5-3-13/h2-11H,1H3,(H,22,24)/b18-10+,19-11+. The van der Waals surface area contributed by atoms with Crippen molar-refractivity contribution in [1.82, 2.24) is 4.98 Å². The van der Waals surface area contributed by atoms with Gasteiger partial charge in [0.05, 0.1) is 27.9 Å². The molecule has 6 heteroatoms. The molecule has 3 rings (SSSR count). The monoisotopic (exact) mass is 362 g/mol. The molecule has 0 unspecified atom stereocenters. The number of H-pyrrole nitrogens is 1. The Hall–Kier alpha value is -3.43. The normalized spacial score (nSPS) is 12.0. The van der Waals surface area contributed by atoms with Crippen LogP contribution in [0.2, 0.25) is 0 Å². The number of aromatic amines is 1. The first-order valence-corrected chi connectivity index (χ1v) is 8.52. The number of nitrogens with one attached hydrogen (secondary N) is 1. The first-order chi connectivity index (χ1) is 12.6. The summed E-state index contributed by atoms with van der Waals surface area (Å²) in [6.45, 7) is 0. The molecular formula is C20H14N2O3S. The third-order valence-electron chi connectivity index (χ3n) is 3.65. The number of aromatic nitrogens is 1. The van der Waals surface area contributed by atoms with E-state index >= 15 is 0 Å². The van der Waals surface area contributed by atoms with E-state index in [9.17, 15) is 9.59 Å². The zero-order valence-electron chi connectivity index (χ0n) is 13.9. The molecule has 0 saturated heterocycles. The van der Waals surface area contributed by atoms with Gasteiger partial charge in [-0.3, -0.25) is 9.59 Å². The molecule has 0 bridgehead atoms. The molecule has 1 N–H and O–H groups in total. The Morgan fingerprint density at radius 1 is 1.15 bits per heavy atom. The maximum absolute atomic E-state index is 12.3. The molecule has 0 spiro atoms. The summed E-state index contributed by atoms with van der Waals surface area (Å²) in [7, 11) is 1.56. The molecule has 2 aromatic carbocycles. The van der Waals surface area contributed by atoms with Gasteiger partial charge < -0.3 is 9.72 Å². The van der Waals surface area contributed by atoms with Crippen LogP contribution in [0.15, 0.2) is 53.3 Å². The zero-order valence-corrected chi connectivity index (χ0v) is 14.7. The number of ketones is 1. The quantitative estimate of drug-likeness (QED) is 0.718. The Kier molecular flexibility index (Phi) is 5.11. The second-order valence-electron chi connectivity index (χ2n) is 5.40. The van der Waals surface area contributed by atoms with Gasteiger partial charge in [0, 0.05) is 11.6 Å². The third-order valence-corrected chi connectivity index (χ3v) is 4.62. The fourth-order valence-corrected chi connectivity index (χ4v) is 3.17. The summed E-state index contributed by atoms with van der Waals surface area (Å²) in [4.78, 5) is 27.1. The van der Waals surface area contributed by atoms with Crippen LogP contribution in [0, 0.1) is 11.3 Å². The molecule has 0 radical (unpaired) electrons. The Morgan fingerprint density at radius 2 is 1.85 bits per heavy atom. The van der Waals surface area contributed by atoms with Gasteiger partial charge in [-0.2, -0.15) is 5.26 Å². The molecule has 0 aliphatic rings. The lowest BCUT2D eigenvalue weighted by molar-refractivity contribution is 0.106. The molecule has 1 heterocycles. The van der Waals surface area contributed by atoms with Gasteiger partial charge in [0.1, 0.15) is 5.75 Å². The van der Waals surface area contributed by atoms with Crippen molar-refractivity contribution >= 4 is 29.3 Å². The molecule has 0 saturated carbocycles. The minimum Gasteiger partial charge on any atom is -0.497 e. The highest BCUT2D eigenvalue weighted by Gasteiger charge is 2.04. The van der Waals surface area contributed by atoms with E-state index in [1.807, 2.05) is 6.07 Å². The van der Waals surface area contributed by atoms with E-state index in [0.717, 1.165) is 5.56 Å². The SMILES string of the molecule is COc1ccc(C(=O)/C=c2\[nH]c(=O)/c(=C\c3ccc(C#N)cc3)s2)cc1. The summed E-state index contributed by atoms with van der Waals surface area (Å²) >= 11 is 1.21. The van der Waals surface area contributed by atoms with Crippen LogP contribution in [0.3, 0.4) is 0 Å². The molecule has 0 aliphatic carbocycles. The van der Waals surface area contributed by atoms with Crippen molar-refractivity contribution in [3.63, 3.8) is 0 Å². The van der Waals surface area contributed by atoms with Crippen LogP contribution in [0.4, 0.5) is 0 Å². The Labute approximate surface area is 153 Å². The molecule has 3 aromatic rings. The van der Waals surface area contributed by atoms with Gasteiger partial charge in [0.15, 0.2) is 5.78 Å². The number of thiazole rings is 1. The number of rotatable bonds is 4. The van der Waals surface area contributed by atoms with Gasteiger partial charge in [-0.25, -0.2) is 0 Å². The van der Waals surface area contributed by atoms with Crippen LogP contribution in [-0.4, -0.2) is 17.9 Å². The maximum Gasteiger partial charge on any atom is 0.266 e. The highest BCUT2D eigenvalue weighted by atomic mass is 32.1. The number of nitriles is 1. The van der Waals surface area contributed by atoms with E-state index in [-0.39, 0.29) is 11.3 Å². The second kappa shape index (κ2) is 7.64. The van der Waals surface area contributed by atoms with Crippen molar-refractivity contribution in [2.24, 2.45) is 0 Å². The van der Waals surface area contributed by atoms with Crippen molar-refractivity contribution in [3.8, 4) is 11.8 Å². The summed E-state index contributed by atoms with van der Waals surface area (Å²) in [5, 5.41) is 8.82. The smallest absolute Gasteiger partial charge is 0.266 e. The summed E-state index contributed by atoms with van der Waals surface area (Å²) in [5.74, 6) is 0.473. The number of carbonyl (C=O) groups excluding carboxylic acids is 1. The number of methoxy groups -OCH3 is 1. The van der Waals surface area contributed by atoms with E-state index < -0.39 is 0 Å². The van der Waals surface area contributed by atoms with Gasteiger partial charge in [-0.15, -0.1) is 11.3 Å². The highest BCUT2D eigenvalue weighted by Crippen LogP contribution is 2.12. The predicted octanol–water partition coefficient (Wildman–Crippen LogP) is 1.81. The zero-order chi connectivity index (χ0) is 18.5. The van der Waals surface area contributed by atoms with Crippen molar-refractivity contribution in [3.05, 3.63) is 84.8 Å². The molecule has 26 heavy (non-hydrogen) atoms. The van der Waals surface area contributed by atoms with Crippen molar-refractivity contribution in [2.45, 2.75) is 0 Å². The van der Waals surface area contributed by atoms with Crippen LogP contribution < -0.4 is 19.5 Å². The van der Waals surface area contributed by atoms with E-state index in [2.05, 4.69) is 4.98 Å². The number of Topliss-reactive ketones (excluding diaryl/α,β-unsaturated/α-hetero) is 1. The first kappa shape index (κ1) is 17.4. The second-order valence-corrected chi connectivity index (χ2v) is 6.48. The van der Waals surface area contributed by atoms with Crippen LogP contribution in [-0.2, 0) is 0 Å². The van der Waals surface area contributed by atoms with Crippen molar-refractivity contribution < 1.29 is 9.53 Å². The van der Waals surface area contributed by atoms with Crippen molar-refractivity contribution in [1.29, 1.82) is 5.26 Å². The minimum atomic E-state index is -0.256. The van der Waals surface area contributed by atoms with Gasteiger partial charge in [-0.1, -0.05) is 12.1 Å². The number of nitrogens with zero attached hydrogens (tertiary/aromatic N) is 1. The lowest BCUT2D eigenvalue weighted by Crippen LogP contribution is -2.20. The van der Waals surface area contributed by atoms with Gasteiger partial charge in [-0.05, 0) is 48.0 Å². The Bertz CT molecular complexity index is 1150. The fourth-order valence-electron chi connectivity index (χ4n) is 2.29. The van der Waals surface area contributed by atoms with Crippen LogP contribution in [0.25, 0.3) is 12.2 Å². The van der Waals surface area contributed by atoms with Gasteiger partial charge in [0.25, 0.3) is 5.56 Å². The van der Waals surface area contributed by atoms with E-state index in [1.54, 1.807) is 61.7 Å². The van der Waals surface area contributed by atoms with Crippen molar-refractivity contribution in [2.75, 3.05) is 7.11 Å². The number of ether oxygens (including phenoxy) is 1. The lowest BCUT2D eigenvalue weighted by atomic mass is 10.1. The minimum absolute atomic E-state index is 0.199. The van der Waals surface area contributed by atoms with Crippen LogP contribution >= 0.6 is 11.3 Å². The number of carbonyl (C=O) groups is 1. The molecule has 0 aliphatic heterocycles. The van der Waals surface area contributed by atoms with E-state index in [1.165, 1.54) is 17.4 Å². The number of benzene rings is 2. The first-order valence-electron chi connectivity index (χ1n) is 7.70. The van der Waals surface area contributed by atoms with Crippen LogP contribution in [0.5, 0.6) is 5.75 Å². The summed E-state index contributed by atoms with van der Waals surface area (Å²) in [5.41, 5.74) is 1.62. The third kappa shape index (κ3) is 3.97. The highest BCUT2D eigenvalue weighted by molar-refractivity contribution is 7.07. The molecule has 0 amide bonds. The lowest BCUT2D eigenvalue weighted by Gasteiger charge is -1.99. The van der Waals surface area contributed by atoms with E-state index in [4.69, 9.17) is 10.00 Å². The predicted molar refractivity (Wildman–Crippen MR) is 101 cm³/mol. The average molecular weight is 362 g/mol.